The lowest BCUT2D eigenvalue weighted by molar-refractivity contribution is 0.0107. The van der Waals surface area contributed by atoms with Crippen LogP contribution < -0.4 is 10.5 Å². The number of nitrogens with two attached hydrogens (primary N) is 1. The average molecular weight is 401 g/mol. The number of aryl methyl sites for hydroxylation is 1. The Kier molecular flexibility index (Phi) is 5.92. The summed E-state index contributed by atoms with van der Waals surface area (Å²) in [7, 11) is 0. The van der Waals surface area contributed by atoms with E-state index in [-0.39, 0.29) is 28.7 Å². The number of allylic oxidation sites excluding steroid dienone is 2. The number of aromatic hydroxyl groups is 1. The van der Waals surface area contributed by atoms with Crippen LogP contribution in [0.1, 0.15) is 82.4 Å². The van der Waals surface area contributed by atoms with Gasteiger partial charge in [-0.1, -0.05) is 31.4 Å². The normalized spacial score (nSPS) is 22.0. The van der Waals surface area contributed by atoms with Crippen LogP contribution in [0.3, 0.4) is 0 Å². The molecule has 2 unspecified atom stereocenters. The van der Waals surface area contributed by atoms with Crippen LogP contribution in [-0.4, -0.2) is 22.7 Å². The van der Waals surface area contributed by atoms with Crippen molar-refractivity contribution in [2.75, 3.05) is 0 Å². The van der Waals surface area contributed by atoms with Crippen LogP contribution in [0, 0.1) is 11.3 Å². The number of hydrogen-bond donors (Lipinski definition) is 3. The van der Waals surface area contributed by atoms with Gasteiger partial charge in [-0.2, -0.15) is 0 Å². The summed E-state index contributed by atoms with van der Waals surface area (Å²) < 4.78 is 11.2. The van der Waals surface area contributed by atoms with E-state index in [1.807, 2.05) is 6.07 Å². The number of phenolic OH excluding ortho intramolecular Hbond substituents is 1. The third-order valence-corrected chi connectivity index (χ3v) is 6.21. The molecule has 2 atom stereocenters. The van der Waals surface area contributed by atoms with E-state index in [9.17, 15) is 9.90 Å². The first kappa shape index (κ1) is 21.2. The second kappa shape index (κ2) is 8.09. The van der Waals surface area contributed by atoms with E-state index in [1.165, 1.54) is 5.57 Å². The van der Waals surface area contributed by atoms with Crippen molar-refractivity contribution in [2.45, 2.75) is 77.7 Å². The highest BCUT2D eigenvalue weighted by Crippen LogP contribution is 2.54. The third kappa shape index (κ3) is 4.11. The molecule has 4 N–H and O–H groups in total. The summed E-state index contributed by atoms with van der Waals surface area (Å²) in [6.45, 7) is 8.42. The van der Waals surface area contributed by atoms with Gasteiger partial charge in [0, 0.05) is 17.4 Å². The molecule has 6 nitrogen and oxygen atoms in total. The fourth-order valence-electron chi connectivity index (χ4n) is 4.78. The molecule has 0 saturated carbocycles. The second-order valence-corrected chi connectivity index (χ2v) is 8.77. The zero-order chi connectivity index (χ0) is 21.3. The van der Waals surface area contributed by atoms with E-state index in [0.717, 1.165) is 37.7 Å². The molecule has 0 saturated heterocycles. The number of rotatable bonds is 5. The van der Waals surface area contributed by atoms with Crippen molar-refractivity contribution in [3.8, 4) is 11.5 Å². The Balaban J connectivity index is 2.17. The maximum atomic E-state index is 11.3. The van der Waals surface area contributed by atoms with Gasteiger partial charge in [0.15, 0.2) is 0 Å². The molecule has 0 radical (unpaired) electrons. The number of carbonyl (C=O) groups excluding carboxylic acids is 1. The lowest BCUT2D eigenvalue weighted by Gasteiger charge is -2.46. The van der Waals surface area contributed by atoms with Crippen LogP contribution in [0.2, 0.25) is 0 Å². The molecule has 158 valence electrons. The van der Waals surface area contributed by atoms with Crippen molar-refractivity contribution in [1.82, 2.24) is 0 Å². The minimum Gasteiger partial charge on any atom is -0.507 e. The Hall–Kier alpha value is -2.50. The number of nitrogens with one attached hydrogen (secondary N) is 1. The van der Waals surface area contributed by atoms with Gasteiger partial charge in [-0.15, -0.1) is 0 Å². The van der Waals surface area contributed by atoms with Crippen LogP contribution in [0.5, 0.6) is 11.5 Å². The van der Waals surface area contributed by atoms with Crippen molar-refractivity contribution < 1.29 is 19.4 Å². The zero-order valence-corrected chi connectivity index (χ0v) is 17.8. The van der Waals surface area contributed by atoms with Crippen molar-refractivity contribution >= 4 is 12.0 Å². The highest BCUT2D eigenvalue weighted by Gasteiger charge is 2.46. The quantitative estimate of drug-likeness (QED) is 0.275. The molecule has 1 aliphatic heterocycles. The molecule has 1 heterocycles. The minimum atomic E-state index is -1.06. The molecule has 0 spiro atoms. The number of fused-ring (bicyclic) bond motifs is 3. The summed E-state index contributed by atoms with van der Waals surface area (Å²) in [5.41, 5.74) is 7.73. The van der Waals surface area contributed by atoms with Gasteiger partial charge in [-0.05, 0) is 58.1 Å². The van der Waals surface area contributed by atoms with E-state index in [1.54, 1.807) is 0 Å². The van der Waals surface area contributed by atoms with E-state index in [2.05, 4.69) is 33.8 Å². The molecule has 1 aromatic carbocycles. The first-order chi connectivity index (χ1) is 13.7. The topological polar surface area (TPSA) is 106 Å². The molecular formula is C23H32N2O4. The maximum absolute atomic E-state index is 11.3. The Labute approximate surface area is 172 Å². The Morgan fingerprint density at radius 1 is 1.41 bits per heavy atom. The molecule has 1 aromatic rings. The number of unbranched alkanes of at least 4 members (excludes halogenated alkanes) is 2. The van der Waals surface area contributed by atoms with E-state index >= 15 is 0 Å². The zero-order valence-electron chi connectivity index (χ0n) is 17.8. The number of amides is 1. The Morgan fingerprint density at radius 3 is 2.79 bits per heavy atom. The van der Waals surface area contributed by atoms with Crippen molar-refractivity contribution in [2.24, 2.45) is 11.7 Å². The molecule has 0 fully saturated rings. The number of ether oxygens (including phenoxy) is 2. The van der Waals surface area contributed by atoms with Crippen molar-refractivity contribution in [3.63, 3.8) is 0 Å². The first-order valence-electron chi connectivity index (χ1n) is 10.5. The van der Waals surface area contributed by atoms with Crippen LogP contribution in [0.25, 0.3) is 0 Å². The van der Waals surface area contributed by atoms with Gasteiger partial charge >= 0.3 is 6.09 Å². The van der Waals surface area contributed by atoms with Crippen LogP contribution in [-0.2, 0) is 11.2 Å². The van der Waals surface area contributed by atoms with Gasteiger partial charge in [0.25, 0.3) is 0 Å². The SMILES string of the molecule is CCCCCc1cc2c(c(O)c1C(=N)OC(N)=O)C1C=C(C)CCC1C(C)(C)O2. The molecular weight excluding hydrogens is 368 g/mol. The molecule has 0 aromatic heterocycles. The number of phenols is 1. The fourth-order valence-corrected chi connectivity index (χ4v) is 4.78. The molecule has 0 bridgehead atoms. The fraction of sp³-hybridized carbons (Fsp3) is 0.565. The Bertz CT molecular complexity index is 857. The predicted octanol–water partition coefficient (Wildman–Crippen LogP) is 5.16. The molecule has 1 amide bonds. The lowest BCUT2D eigenvalue weighted by Crippen LogP contribution is -2.45. The largest absolute Gasteiger partial charge is 0.507 e. The monoisotopic (exact) mass is 400 g/mol. The van der Waals surface area contributed by atoms with E-state index in [0.29, 0.717) is 17.7 Å². The lowest BCUT2D eigenvalue weighted by atomic mass is 9.67. The molecule has 6 heteroatoms. The number of carbonyl (C=O) groups is 1. The van der Waals surface area contributed by atoms with Gasteiger partial charge in [0.1, 0.15) is 17.1 Å². The number of hydrogen-bond acceptors (Lipinski definition) is 5. The summed E-state index contributed by atoms with van der Waals surface area (Å²) in [5, 5.41) is 19.5. The van der Waals surface area contributed by atoms with E-state index in [4.69, 9.17) is 20.6 Å². The van der Waals surface area contributed by atoms with Crippen molar-refractivity contribution in [3.05, 3.63) is 34.4 Å². The molecule has 3 rings (SSSR count). The van der Waals surface area contributed by atoms with Gasteiger partial charge < -0.3 is 20.3 Å². The third-order valence-electron chi connectivity index (χ3n) is 6.21. The van der Waals surface area contributed by atoms with Gasteiger partial charge in [0.2, 0.25) is 5.90 Å². The molecule has 2 aliphatic rings. The number of benzene rings is 1. The van der Waals surface area contributed by atoms with Gasteiger partial charge in [0.05, 0.1) is 5.56 Å². The Morgan fingerprint density at radius 2 is 2.14 bits per heavy atom. The van der Waals surface area contributed by atoms with Crippen LogP contribution in [0.15, 0.2) is 17.7 Å². The molecule has 29 heavy (non-hydrogen) atoms. The van der Waals surface area contributed by atoms with Crippen molar-refractivity contribution in [1.29, 1.82) is 5.41 Å². The predicted molar refractivity (Wildman–Crippen MR) is 113 cm³/mol. The van der Waals surface area contributed by atoms with Crippen LogP contribution >= 0.6 is 0 Å². The maximum Gasteiger partial charge on any atom is 0.411 e. The summed E-state index contributed by atoms with van der Waals surface area (Å²) in [6, 6.07) is 1.91. The highest BCUT2D eigenvalue weighted by atomic mass is 16.6. The highest BCUT2D eigenvalue weighted by molar-refractivity contribution is 6.02. The number of primary amides is 1. The van der Waals surface area contributed by atoms with Crippen LogP contribution in [0.4, 0.5) is 4.79 Å². The summed E-state index contributed by atoms with van der Waals surface area (Å²) in [5.74, 6) is 0.419. The van der Waals surface area contributed by atoms with E-state index < -0.39 is 12.0 Å². The summed E-state index contributed by atoms with van der Waals surface area (Å²) in [6.07, 6.45) is 6.76. The summed E-state index contributed by atoms with van der Waals surface area (Å²) >= 11 is 0. The average Bonchev–Trinajstić information content (AvgIpc) is 2.60. The standard InChI is InChI=1S/C23H32N2O4/c1-5-6-7-8-14-12-17-19(20(26)18(14)21(24)28-22(25)27)15-11-13(2)9-10-16(15)23(3,4)29-17/h11-12,15-16,24,26H,5-10H2,1-4H3,(H2,25,27). The van der Waals surface area contributed by atoms with Gasteiger partial charge in [-0.25, -0.2) is 4.79 Å². The minimum absolute atomic E-state index is 0.00711. The smallest absolute Gasteiger partial charge is 0.411 e. The summed E-state index contributed by atoms with van der Waals surface area (Å²) in [4.78, 5) is 11.3. The molecule has 1 aliphatic carbocycles. The first-order valence-corrected chi connectivity index (χ1v) is 10.5. The second-order valence-electron chi connectivity index (χ2n) is 8.77. The van der Waals surface area contributed by atoms with Gasteiger partial charge in [-0.3, -0.25) is 5.41 Å².